The van der Waals surface area contributed by atoms with E-state index in [0.29, 0.717) is 16.1 Å². The molecule has 5 heteroatoms. The van der Waals surface area contributed by atoms with Crippen LogP contribution in [0.4, 0.5) is 13.2 Å². The zero-order chi connectivity index (χ0) is 17.5. The van der Waals surface area contributed by atoms with Crippen molar-refractivity contribution >= 4 is 11.6 Å². The predicted molar refractivity (Wildman–Crippen MR) is 89.1 cm³/mol. The summed E-state index contributed by atoms with van der Waals surface area (Å²) >= 11 is 5.83. The Hall–Kier alpha value is -2.20. The van der Waals surface area contributed by atoms with E-state index in [-0.39, 0.29) is 11.5 Å². The van der Waals surface area contributed by atoms with Crippen LogP contribution >= 0.6 is 11.6 Å². The maximum Gasteiger partial charge on any atom is 0.420 e. The van der Waals surface area contributed by atoms with Crippen LogP contribution in [-0.4, -0.2) is 0 Å². The van der Waals surface area contributed by atoms with Crippen LogP contribution in [0.25, 0.3) is 22.6 Å². The molecule has 0 spiro atoms. The number of alkyl halides is 3. The second kappa shape index (κ2) is 6.02. The first kappa shape index (κ1) is 16.7. The molecule has 1 nitrogen and oxygen atoms in total. The number of hydrogen-bond donors (Lipinski definition) is 0. The van der Waals surface area contributed by atoms with Crippen LogP contribution in [0.2, 0.25) is 5.02 Å². The number of aryl methyl sites for hydroxylation is 2. The molecular formula is C19H14ClF3O. The minimum absolute atomic E-state index is 0.160. The van der Waals surface area contributed by atoms with Gasteiger partial charge >= 0.3 is 6.18 Å². The maximum atomic E-state index is 13.4. The zero-order valence-corrected chi connectivity index (χ0v) is 13.8. The Morgan fingerprint density at radius 1 is 0.833 bits per heavy atom. The fourth-order valence-electron chi connectivity index (χ4n) is 2.68. The summed E-state index contributed by atoms with van der Waals surface area (Å²) in [4.78, 5) is 0. The Morgan fingerprint density at radius 3 is 1.96 bits per heavy atom. The van der Waals surface area contributed by atoms with E-state index >= 15 is 0 Å². The van der Waals surface area contributed by atoms with Gasteiger partial charge in [-0.1, -0.05) is 28.8 Å². The molecule has 0 aliphatic rings. The van der Waals surface area contributed by atoms with Crippen LogP contribution in [0.15, 0.2) is 52.9 Å². The molecule has 0 aliphatic heterocycles. The van der Waals surface area contributed by atoms with Gasteiger partial charge in [0.2, 0.25) is 0 Å². The smallest absolute Gasteiger partial charge is 0.420 e. The Kier molecular flexibility index (Phi) is 4.18. The van der Waals surface area contributed by atoms with Gasteiger partial charge in [-0.3, -0.25) is 0 Å². The summed E-state index contributed by atoms with van der Waals surface area (Å²) in [5.74, 6) is -0.00704. The molecular weight excluding hydrogens is 337 g/mol. The molecule has 1 heterocycles. The highest BCUT2D eigenvalue weighted by Gasteiger charge is 2.37. The quantitative estimate of drug-likeness (QED) is 0.489. The van der Waals surface area contributed by atoms with Crippen molar-refractivity contribution < 1.29 is 17.6 Å². The standard InChI is InChI=1S/C19H14ClF3O/c1-11-7-12(2)9-14(8-11)18-16(19(21,22)23)10-17(24-18)13-3-5-15(20)6-4-13/h3-10H,1-2H3. The molecule has 24 heavy (non-hydrogen) atoms. The van der Waals surface area contributed by atoms with Crippen molar-refractivity contribution in [2.45, 2.75) is 20.0 Å². The summed E-state index contributed by atoms with van der Waals surface area (Å²) in [6.07, 6.45) is -4.50. The molecule has 3 aromatic rings. The van der Waals surface area contributed by atoms with Crippen LogP contribution in [0.5, 0.6) is 0 Å². The summed E-state index contributed by atoms with van der Waals surface area (Å²) in [6, 6.07) is 12.8. The van der Waals surface area contributed by atoms with Crippen LogP contribution in [0.1, 0.15) is 16.7 Å². The molecule has 3 rings (SSSR count). The highest BCUT2D eigenvalue weighted by atomic mass is 35.5. The number of halogens is 4. The largest absolute Gasteiger partial charge is 0.455 e. The predicted octanol–water partition coefficient (Wildman–Crippen LogP) is 6.90. The lowest BCUT2D eigenvalue weighted by Crippen LogP contribution is -2.04. The molecule has 2 aromatic carbocycles. The summed E-state index contributed by atoms with van der Waals surface area (Å²) < 4.78 is 45.9. The third-order valence-electron chi connectivity index (χ3n) is 3.65. The van der Waals surface area contributed by atoms with Gasteiger partial charge in [-0.25, -0.2) is 0 Å². The molecule has 0 unspecified atom stereocenters. The lowest BCUT2D eigenvalue weighted by molar-refractivity contribution is -0.137. The summed E-state index contributed by atoms with van der Waals surface area (Å²) in [6.45, 7) is 3.68. The van der Waals surface area contributed by atoms with Gasteiger partial charge in [-0.15, -0.1) is 0 Å². The van der Waals surface area contributed by atoms with Gasteiger partial charge in [0.25, 0.3) is 0 Å². The zero-order valence-electron chi connectivity index (χ0n) is 13.0. The van der Waals surface area contributed by atoms with Gasteiger partial charge in [0.05, 0.1) is 0 Å². The minimum atomic E-state index is -4.50. The Bertz CT molecular complexity index is 856. The number of furan rings is 1. The minimum Gasteiger partial charge on any atom is -0.455 e. The van der Waals surface area contributed by atoms with Crippen molar-refractivity contribution in [3.63, 3.8) is 0 Å². The van der Waals surface area contributed by atoms with Gasteiger partial charge in [0, 0.05) is 16.1 Å². The molecule has 1 aromatic heterocycles. The molecule has 0 saturated carbocycles. The topological polar surface area (TPSA) is 13.1 Å². The first-order chi connectivity index (χ1) is 11.2. The number of benzene rings is 2. The third-order valence-corrected chi connectivity index (χ3v) is 3.90. The third kappa shape index (κ3) is 3.34. The maximum absolute atomic E-state index is 13.4. The van der Waals surface area contributed by atoms with E-state index in [1.54, 1.807) is 36.4 Å². The highest BCUT2D eigenvalue weighted by Crippen LogP contribution is 2.42. The number of rotatable bonds is 2. The second-order valence-electron chi connectivity index (χ2n) is 5.73. The molecule has 0 bridgehead atoms. The van der Waals surface area contributed by atoms with E-state index in [1.165, 1.54) is 0 Å². The van der Waals surface area contributed by atoms with E-state index in [9.17, 15) is 13.2 Å². The molecule has 0 radical (unpaired) electrons. The molecule has 0 N–H and O–H groups in total. The van der Waals surface area contributed by atoms with Crippen LogP contribution in [0.3, 0.4) is 0 Å². The molecule has 0 aliphatic carbocycles. The SMILES string of the molecule is Cc1cc(C)cc(-c2oc(-c3ccc(Cl)cc3)cc2C(F)(F)F)c1. The fourth-order valence-corrected chi connectivity index (χ4v) is 2.80. The van der Waals surface area contributed by atoms with Crippen molar-refractivity contribution in [2.24, 2.45) is 0 Å². The normalized spacial score (nSPS) is 11.8. The Morgan fingerprint density at radius 2 is 1.42 bits per heavy atom. The first-order valence-corrected chi connectivity index (χ1v) is 7.67. The van der Waals surface area contributed by atoms with E-state index in [1.807, 2.05) is 19.9 Å². The van der Waals surface area contributed by atoms with Gasteiger partial charge in [-0.2, -0.15) is 13.2 Å². The Labute approximate surface area is 142 Å². The summed E-state index contributed by atoms with van der Waals surface area (Å²) in [7, 11) is 0. The van der Waals surface area contributed by atoms with Gasteiger partial charge < -0.3 is 4.42 Å². The van der Waals surface area contributed by atoms with Gasteiger partial charge in [-0.05, 0) is 56.3 Å². The van der Waals surface area contributed by atoms with Crippen molar-refractivity contribution in [1.29, 1.82) is 0 Å². The van der Waals surface area contributed by atoms with Gasteiger partial charge in [0.15, 0.2) is 0 Å². The molecule has 0 fully saturated rings. The highest BCUT2D eigenvalue weighted by molar-refractivity contribution is 6.30. The van der Waals surface area contributed by atoms with Crippen molar-refractivity contribution in [3.8, 4) is 22.6 Å². The molecule has 124 valence electrons. The van der Waals surface area contributed by atoms with Gasteiger partial charge in [0.1, 0.15) is 17.1 Å². The first-order valence-electron chi connectivity index (χ1n) is 7.29. The monoisotopic (exact) mass is 350 g/mol. The van der Waals surface area contributed by atoms with Crippen molar-refractivity contribution in [3.05, 3.63) is 70.2 Å². The second-order valence-corrected chi connectivity index (χ2v) is 6.17. The number of hydrogen-bond acceptors (Lipinski definition) is 1. The summed E-state index contributed by atoms with van der Waals surface area (Å²) in [5, 5.41) is 0.510. The van der Waals surface area contributed by atoms with Crippen molar-refractivity contribution in [2.75, 3.05) is 0 Å². The average Bonchev–Trinajstić information content (AvgIpc) is 2.92. The van der Waals surface area contributed by atoms with Crippen LogP contribution in [0, 0.1) is 13.8 Å². The van der Waals surface area contributed by atoms with Crippen molar-refractivity contribution in [1.82, 2.24) is 0 Å². The average molecular weight is 351 g/mol. The lowest BCUT2D eigenvalue weighted by atomic mass is 10.0. The molecule has 0 atom stereocenters. The molecule has 0 saturated heterocycles. The summed E-state index contributed by atoms with van der Waals surface area (Å²) in [5.41, 5.74) is 1.93. The lowest BCUT2D eigenvalue weighted by Gasteiger charge is -2.08. The van der Waals surface area contributed by atoms with Crippen LogP contribution in [-0.2, 0) is 6.18 Å². The molecule has 0 amide bonds. The fraction of sp³-hybridized carbons (Fsp3) is 0.158. The van der Waals surface area contributed by atoms with E-state index < -0.39 is 11.7 Å². The van der Waals surface area contributed by atoms with Crippen LogP contribution < -0.4 is 0 Å². The van der Waals surface area contributed by atoms with E-state index in [4.69, 9.17) is 16.0 Å². The van der Waals surface area contributed by atoms with E-state index in [0.717, 1.165) is 17.2 Å². The van der Waals surface area contributed by atoms with E-state index in [2.05, 4.69) is 0 Å². The Balaban J connectivity index is 2.19.